The monoisotopic (exact) mass is 219 g/mol. The normalized spacial score (nSPS) is 32.6. The standard InChI is InChI=1S/C11H19F2NO/c1-2-9-11(15-4-3-14-9)5-10(6-11,7-12)8-13/h9,14H,2-8H2,1H3. The Kier molecular flexibility index (Phi) is 2.99. The summed E-state index contributed by atoms with van der Waals surface area (Å²) in [6.45, 7) is 2.46. The Balaban J connectivity index is 2.03. The number of alkyl halides is 2. The van der Waals surface area contributed by atoms with Gasteiger partial charge in [0.1, 0.15) is 0 Å². The van der Waals surface area contributed by atoms with Gasteiger partial charge in [-0.25, -0.2) is 0 Å². The zero-order valence-corrected chi connectivity index (χ0v) is 9.19. The van der Waals surface area contributed by atoms with Crippen LogP contribution in [0.25, 0.3) is 0 Å². The van der Waals surface area contributed by atoms with Crippen LogP contribution in [0.1, 0.15) is 26.2 Å². The molecule has 88 valence electrons. The summed E-state index contributed by atoms with van der Waals surface area (Å²) in [4.78, 5) is 0. The highest BCUT2D eigenvalue weighted by atomic mass is 19.1. The van der Waals surface area contributed by atoms with Crippen LogP contribution in [0.5, 0.6) is 0 Å². The fraction of sp³-hybridized carbons (Fsp3) is 1.00. The molecule has 1 atom stereocenters. The van der Waals surface area contributed by atoms with Crippen molar-refractivity contribution in [2.75, 3.05) is 26.5 Å². The van der Waals surface area contributed by atoms with Gasteiger partial charge in [-0.1, -0.05) is 6.92 Å². The van der Waals surface area contributed by atoms with Gasteiger partial charge in [0.25, 0.3) is 0 Å². The van der Waals surface area contributed by atoms with Crippen molar-refractivity contribution in [3.05, 3.63) is 0 Å². The maximum Gasteiger partial charge on any atom is 0.0977 e. The number of rotatable bonds is 3. The fourth-order valence-electron chi connectivity index (χ4n) is 3.08. The molecule has 0 bridgehead atoms. The molecule has 0 aromatic carbocycles. The van der Waals surface area contributed by atoms with E-state index in [2.05, 4.69) is 12.2 Å². The van der Waals surface area contributed by atoms with Crippen LogP contribution in [-0.2, 0) is 4.74 Å². The second-order valence-electron chi connectivity index (χ2n) is 4.95. The molecule has 1 saturated carbocycles. The molecule has 2 aliphatic rings. The van der Waals surface area contributed by atoms with Crippen LogP contribution >= 0.6 is 0 Å². The van der Waals surface area contributed by atoms with Gasteiger partial charge in [0.05, 0.1) is 25.6 Å². The van der Waals surface area contributed by atoms with Crippen LogP contribution in [0.4, 0.5) is 8.78 Å². The molecule has 0 radical (unpaired) electrons. The molecule has 0 amide bonds. The van der Waals surface area contributed by atoms with Gasteiger partial charge >= 0.3 is 0 Å². The zero-order chi connectivity index (χ0) is 10.9. The molecule has 1 spiro atoms. The maximum atomic E-state index is 12.7. The largest absolute Gasteiger partial charge is 0.372 e. The third-order valence-electron chi connectivity index (χ3n) is 3.84. The smallest absolute Gasteiger partial charge is 0.0977 e. The first kappa shape index (κ1) is 11.3. The molecule has 4 heteroatoms. The lowest BCUT2D eigenvalue weighted by Crippen LogP contribution is -2.68. The Morgan fingerprint density at radius 2 is 2.00 bits per heavy atom. The summed E-state index contributed by atoms with van der Waals surface area (Å²) in [5, 5.41) is 3.38. The van der Waals surface area contributed by atoms with Crippen LogP contribution in [-0.4, -0.2) is 38.1 Å². The first-order chi connectivity index (χ1) is 7.20. The van der Waals surface area contributed by atoms with Gasteiger partial charge < -0.3 is 10.1 Å². The van der Waals surface area contributed by atoms with Gasteiger partial charge in [0, 0.05) is 18.0 Å². The summed E-state index contributed by atoms with van der Waals surface area (Å²) in [5.74, 6) is 0. The van der Waals surface area contributed by atoms with Gasteiger partial charge in [-0.05, 0) is 19.3 Å². The summed E-state index contributed by atoms with van der Waals surface area (Å²) in [5.41, 5.74) is -1.03. The highest BCUT2D eigenvalue weighted by molar-refractivity contribution is 5.11. The van der Waals surface area contributed by atoms with Crippen molar-refractivity contribution in [2.24, 2.45) is 5.41 Å². The predicted molar refractivity (Wildman–Crippen MR) is 54.4 cm³/mol. The minimum atomic E-state index is -0.744. The van der Waals surface area contributed by atoms with Crippen molar-refractivity contribution in [1.29, 1.82) is 0 Å². The van der Waals surface area contributed by atoms with Crippen molar-refractivity contribution in [3.63, 3.8) is 0 Å². The Bertz CT molecular complexity index is 223. The first-order valence-electron chi connectivity index (χ1n) is 5.69. The Morgan fingerprint density at radius 1 is 1.33 bits per heavy atom. The van der Waals surface area contributed by atoms with E-state index in [1.54, 1.807) is 0 Å². The first-order valence-corrected chi connectivity index (χ1v) is 5.69. The van der Waals surface area contributed by atoms with Gasteiger partial charge in [0.2, 0.25) is 0 Å². The third kappa shape index (κ3) is 1.68. The van der Waals surface area contributed by atoms with Gasteiger partial charge in [0.15, 0.2) is 0 Å². The summed E-state index contributed by atoms with van der Waals surface area (Å²) in [6.07, 6.45) is 2.01. The van der Waals surface area contributed by atoms with Gasteiger partial charge in [-0.2, -0.15) is 0 Å². The van der Waals surface area contributed by atoms with Crippen molar-refractivity contribution < 1.29 is 13.5 Å². The molecule has 1 N–H and O–H groups in total. The van der Waals surface area contributed by atoms with E-state index in [4.69, 9.17) is 4.74 Å². The lowest BCUT2D eigenvalue weighted by atomic mass is 9.57. The summed E-state index contributed by atoms with van der Waals surface area (Å²) in [6, 6.07) is 0.262. The minimum Gasteiger partial charge on any atom is -0.372 e. The van der Waals surface area contributed by atoms with E-state index in [-0.39, 0.29) is 11.6 Å². The highest BCUT2D eigenvalue weighted by Gasteiger charge is 2.59. The van der Waals surface area contributed by atoms with Crippen molar-refractivity contribution >= 4 is 0 Å². The van der Waals surface area contributed by atoms with Crippen molar-refractivity contribution in [2.45, 2.75) is 37.8 Å². The number of hydrogen-bond acceptors (Lipinski definition) is 2. The predicted octanol–water partition coefficient (Wildman–Crippen LogP) is 1.84. The summed E-state index contributed by atoms with van der Waals surface area (Å²) < 4.78 is 31.3. The van der Waals surface area contributed by atoms with E-state index in [0.29, 0.717) is 19.4 Å². The number of hydrogen-bond donors (Lipinski definition) is 1. The lowest BCUT2D eigenvalue weighted by molar-refractivity contribution is -0.212. The Hall–Kier alpha value is -0.220. The second kappa shape index (κ2) is 3.98. The molecule has 2 nitrogen and oxygen atoms in total. The van der Waals surface area contributed by atoms with E-state index in [1.807, 2.05) is 0 Å². The molecular formula is C11H19F2NO. The van der Waals surface area contributed by atoms with E-state index < -0.39 is 18.8 Å². The molecule has 1 heterocycles. The topological polar surface area (TPSA) is 21.3 Å². The minimum absolute atomic E-state index is 0.262. The number of morpholine rings is 1. The average molecular weight is 219 g/mol. The van der Waals surface area contributed by atoms with Gasteiger partial charge in [-0.15, -0.1) is 0 Å². The second-order valence-corrected chi connectivity index (χ2v) is 4.95. The SMILES string of the molecule is CCC1NCCOC12CC(CF)(CF)C2. The molecule has 2 rings (SSSR count). The molecule has 0 aromatic heterocycles. The maximum absolute atomic E-state index is 12.7. The van der Waals surface area contributed by atoms with Crippen molar-refractivity contribution in [3.8, 4) is 0 Å². The summed E-state index contributed by atoms with van der Waals surface area (Å²) in [7, 11) is 0. The molecule has 1 aliphatic heterocycles. The van der Waals surface area contributed by atoms with Crippen molar-refractivity contribution in [1.82, 2.24) is 5.32 Å². The molecule has 2 fully saturated rings. The van der Waals surface area contributed by atoms with E-state index in [9.17, 15) is 8.78 Å². The highest BCUT2D eigenvalue weighted by Crippen LogP contribution is 2.54. The number of nitrogens with one attached hydrogen (secondary N) is 1. The molecular weight excluding hydrogens is 200 g/mol. The number of ether oxygens (including phenoxy) is 1. The average Bonchev–Trinajstić information content (AvgIpc) is 2.25. The number of halogens is 2. The molecule has 1 aliphatic carbocycles. The Labute approximate surface area is 89.4 Å². The molecule has 1 unspecified atom stereocenters. The molecule has 0 aromatic rings. The van der Waals surface area contributed by atoms with E-state index in [1.165, 1.54) is 0 Å². The van der Waals surface area contributed by atoms with Crippen LogP contribution in [0.3, 0.4) is 0 Å². The third-order valence-corrected chi connectivity index (χ3v) is 3.84. The van der Waals surface area contributed by atoms with Crippen LogP contribution in [0.15, 0.2) is 0 Å². The Morgan fingerprint density at radius 3 is 2.53 bits per heavy atom. The van der Waals surface area contributed by atoms with Crippen LogP contribution in [0.2, 0.25) is 0 Å². The van der Waals surface area contributed by atoms with Gasteiger partial charge in [-0.3, -0.25) is 8.78 Å². The summed E-state index contributed by atoms with van der Waals surface area (Å²) >= 11 is 0. The van der Waals surface area contributed by atoms with E-state index >= 15 is 0 Å². The zero-order valence-electron chi connectivity index (χ0n) is 9.19. The van der Waals surface area contributed by atoms with Crippen LogP contribution < -0.4 is 5.32 Å². The quantitative estimate of drug-likeness (QED) is 0.782. The van der Waals surface area contributed by atoms with Crippen LogP contribution in [0, 0.1) is 5.41 Å². The molecule has 1 saturated heterocycles. The fourth-order valence-corrected chi connectivity index (χ4v) is 3.08. The molecule has 15 heavy (non-hydrogen) atoms. The van der Waals surface area contributed by atoms with E-state index in [0.717, 1.165) is 13.0 Å². The lowest BCUT2D eigenvalue weighted by Gasteiger charge is -2.58.